The second kappa shape index (κ2) is 5.92. The van der Waals surface area contributed by atoms with Crippen LogP contribution in [0.15, 0.2) is 42.5 Å². The molecule has 4 aromatic rings. The van der Waals surface area contributed by atoms with Crippen LogP contribution in [0.2, 0.25) is 0 Å². The van der Waals surface area contributed by atoms with Crippen LogP contribution in [0.4, 0.5) is 5.69 Å². The van der Waals surface area contributed by atoms with Crippen LogP contribution in [-0.4, -0.2) is 25.2 Å². The van der Waals surface area contributed by atoms with Gasteiger partial charge in [-0.25, -0.2) is 0 Å². The Morgan fingerprint density at radius 2 is 1.76 bits per heavy atom. The van der Waals surface area contributed by atoms with E-state index in [4.69, 9.17) is 0 Å². The second-order valence-corrected chi connectivity index (χ2v) is 6.89. The third-order valence-corrected chi connectivity index (χ3v) is 4.54. The van der Waals surface area contributed by atoms with E-state index in [1.165, 1.54) is 16.8 Å². The molecule has 0 aliphatic carbocycles. The van der Waals surface area contributed by atoms with Gasteiger partial charge in [-0.15, -0.1) is 10.2 Å². The Morgan fingerprint density at radius 3 is 2.48 bits per heavy atom. The lowest BCUT2D eigenvalue weighted by molar-refractivity contribution is 0.804. The first-order valence-corrected chi connectivity index (χ1v) is 8.69. The van der Waals surface area contributed by atoms with Crippen molar-refractivity contribution < 1.29 is 0 Å². The van der Waals surface area contributed by atoms with Gasteiger partial charge in [0, 0.05) is 18.3 Å². The summed E-state index contributed by atoms with van der Waals surface area (Å²) in [4.78, 5) is 0. The van der Waals surface area contributed by atoms with E-state index in [1.54, 1.807) is 0 Å². The van der Waals surface area contributed by atoms with Gasteiger partial charge >= 0.3 is 0 Å². The third kappa shape index (κ3) is 2.65. The molecule has 5 heteroatoms. The highest BCUT2D eigenvalue weighted by Gasteiger charge is 2.16. The van der Waals surface area contributed by atoms with Gasteiger partial charge in [0.15, 0.2) is 5.65 Å². The van der Waals surface area contributed by atoms with Crippen molar-refractivity contribution in [2.24, 2.45) is 0 Å². The molecule has 0 bridgehead atoms. The molecule has 0 radical (unpaired) electrons. The lowest BCUT2D eigenvalue weighted by atomic mass is 10.2. The van der Waals surface area contributed by atoms with E-state index in [-0.39, 0.29) is 0 Å². The van der Waals surface area contributed by atoms with Crippen LogP contribution in [0, 0.1) is 13.8 Å². The number of nitrogens with zero attached hydrogens (tertiary/aromatic N) is 4. The molecule has 0 atom stereocenters. The molecule has 5 nitrogen and oxygen atoms in total. The standard InChI is InChI=1S/C20H23N5/c1-13(2)21-17-11-18-19(25-15(4)22-23-20(17)25)10-14(3)24(18)12-16-8-6-5-7-9-16/h5-11,13,21H,12H2,1-4H3. The summed E-state index contributed by atoms with van der Waals surface area (Å²) >= 11 is 0. The molecule has 0 aliphatic heterocycles. The lowest BCUT2D eigenvalue weighted by Crippen LogP contribution is -2.11. The SMILES string of the molecule is Cc1cc2c(cc(NC(C)C)c3nnc(C)n32)n1Cc1ccccc1. The Kier molecular flexibility index (Phi) is 3.71. The number of hydrogen-bond donors (Lipinski definition) is 1. The van der Waals surface area contributed by atoms with Gasteiger partial charge in [0.25, 0.3) is 0 Å². The lowest BCUT2D eigenvalue weighted by Gasteiger charge is -2.14. The van der Waals surface area contributed by atoms with Crippen molar-refractivity contribution in [2.45, 2.75) is 40.3 Å². The maximum Gasteiger partial charge on any atom is 0.184 e. The van der Waals surface area contributed by atoms with E-state index in [1.807, 2.05) is 6.92 Å². The van der Waals surface area contributed by atoms with Crippen molar-refractivity contribution in [3.63, 3.8) is 0 Å². The molecule has 3 heterocycles. The van der Waals surface area contributed by atoms with Gasteiger partial charge in [-0.3, -0.25) is 4.40 Å². The van der Waals surface area contributed by atoms with Gasteiger partial charge in [0.05, 0.1) is 16.7 Å². The normalized spacial score (nSPS) is 11.7. The summed E-state index contributed by atoms with van der Waals surface area (Å²) < 4.78 is 4.50. The maximum absolute atomic E-state index is 4.39. The second-order valence-electron chi connectivity index (χ2n) is 6.89. The number of anilines is 1. The monoisotopic (exact) mass is 333 g/mol. The number of aromatic nitrogens is 4. The van der Waals surface area contributed by atoms with Gasteiger partial charge in [-0.2, -0.15) is 0 Å². The Labute approximate surface area is 147 Å². The molecular formula is C20H23N5. The van der Waals surface area contributed by atoms with Crippen LogP contribution in [0.1, 0.15) is 30.9 Å². The number of benzene rings is 1. The molecule has 1 N–H and O–H groups in total. The number of nitrogens with one attached hydrogen (secondary N) is 1. The molecule has 0 spiro atoms. The molecule has 25 heavy (non-hydrogen) atoms. The molecule has 4 rings (SSSR count). The van der Waals surface area contributed by atoms with Gasteiger partial charge in [-0.05, 0) is 45.4 Å². The number of hydrogen-bond acceptors (Lipinski definition) is 3. The quantitative estimate of drug-likeness (QED) is 0.610. The fourth-order valence-corrected chi connectivity index (χ4v) is 3.43. The van der Waals surface area contributed by atoms with Crippen LogP contribution in [0.5, 0.6) is 0 Å². The zero-order valence-corrected chi connectivity index (χ0v) is 15.1. The van der Waals surface area contributed by atoms with E-state index in [9.17, 15) is 0 Å². The van der Waals surface area contributed by atoms with E-state index >= 15 is 0 Å². The number of pyridine rings is 1. The van der Waals surface area contributed by atoms with E-state index in [2.05, 4.69) is 87.7 Å². The van der Waals surface area contributed by atoms with Crippen molar-refractivity contribution in [3.8, 4) is 0 Å². The summed E-state index contributed by atoms with van der Waals surface area (Å²) in [6, 6.07) is 15.3. The Bertz CT molecular complexity index is 1040. The maximum atomic E-state index is 4.39. The van der Waals surface area contributed by atoms with Gasteiger partial charge in [-0.1, -0.05) is 30.3 Å². The Morgan fingerprint density at radius 1 is 1.00 bits per heavy atom. The fraction of sp³-hybridized carbons (Fsp3) is 0.300. The van der Waals surface area contributed by atoms with Crippen LogP contribution < -0.4 is 5.32 Å². The van der Waals surface area contributed by atoms with Gasteiger partial charge in [0.2, 0.25) is 0 Å². The average Bonchev–Trinajstić information content (AvgIpc) is 3.10. The molecule has 0 saturated heterocycles. The zero-order valence-electron chi connectivity index (χ0n) is 15.1. The minimum absolute atomic E-state index is 0.330. The van der Waals surface area contributed by atoms with Crippen molar-refractivity contribution in [2.75, 3.05) is 5.32 Å². The highest BCUT2D eigenvalue weighted by molar-refractivity contribution is 5.88. The molecule has 0 unspecified atom stereocenters. The highest BCUT2D eigenvalue weighted by Crippen LogP contribution is 2.28. The van der Waals surface area contributed by atoms with Crippen molar-refractivity contribution in [1.82, 2.24) is 19.2 Å². The minimum atomic E-state index is 0.330. The van der Waals surface area contributed by atoms with Crippen LogP contribution in [0.3, 0.4) is 0 Å². The Balaban J connectivity index is 1.97. The third-order valence-electron chi connectivity index (χ3n) is 4.54. The molecule has 0 fully saturated rings. The molecular weight excluding hydrogens is 310 g/mol. The van der Waals surface area contributed by atoms with Gasteiger partial charge in [0.1, 0.15) is 5.82 Å². The van der Waals surface area contributed by atoms with E-state index in [0.717, 1.165) is 29.2 Å². The highest BCUT2D eigenvalue weighted by atomic mass is 15.3. The molecule has 3 aromatic heterocycles. The largest absolute Gasteiger partial charge is 0.380 e. The summed E-state index contributed by atoms with van der Waals surface area (Å²) in [5, 5.41) is 12.2. The van der Waals surface area contributed by atoms with Crippen LogP contribution in [-0.2, 0) is 6.54 Å². The summed E-state index contributed by atoms with van der Waals surface area (Å²) in [5.74, 6) is 0.907. The number of aryl methyl sites for hydroxylation is 2. The van der Waals surface area contributed by atoms with Crippen LogP contribution >= 0.6 is 0 Å². The summed E-state index contributed by atoms with van der Waals surface area (Å²) in [6.07, 6.45) is 0. The molecule has 1 aromatic carbocycles. The van der Waals surface area contributed by atoms with Gasteiger partial charge < -0.3 is 9.88 Å². The molecule has 128 valence electrons. The number of fused-ring (bicyclic) bond motifs is 3. The first kappa shape index (κ1) is 15.7. The predicted molar refractivity (Wildman–Crippen MR) is 102 cm³/mol. The molecule has 0 saturated carbocycles. The van der Waals surface area contributed by atoms with Crippen molar-refractivity contribution in [1.29, 1.82) is 0 Å². The average molecular weight is 333 g/mol. The van der Waals surface area contributed by atoms with Crippen LogP contribution in [0.25, 0.3) is 16.7 Å². The molecule has 0 amide bonds. The summed E-state index contributed by atoms with van der Waals surface area (Å²) in [5.41, 5.74) is 6.78. The van der Waals surface area contributed by atoms with E-state index < -0.39 is 0 Å². The van der Waals surface area contributed by atoms with E-state index in [0.29, 0.717) is 6.04 Å². The van der Waals surface area contributed by atoms with Crippen molar-refractivity contribution in [3.05, 3.63) is 59.5 Å². The summed E-state index contributed by atoms with van der Waals surface area (Å²) in [7, 11) is 0. The van der Waals surface area contributed by atoms with Crippen molar-refractivity contribution >= 4 is 22.4 Å². The first-order chi connectivity index (χ1) is 12.0. The zero-order chi connectivity index (χ0) is 17.6. The molecule has 0 aliphatic rings. The first-order valence-electron chi connectivity index (χ1n) is 8.69. The topological polar surface area (TPSA) is 47.1 Å². The minimum Gasteiger partial charge on any atom is -0.380 e. The fourth-order valence-electron chi connectivity index (χ4n) is 3.43. The smallest absolute Gasteiger partial charge is 0.184 e. The summed E-state index contributed by atoms with van der Waals surface area (Å²) in [6.45, 7) is 9.28. The Hall–Kier alpha value is -2.82. The predicted octanol–water partition coefficient (Wildman–Crippen LogP) is 4.17. The number of rotatable bonds is 4.